The first-order chi connectivity index (χ1) is 5.24. The third kappa shape index (κ3) is 4.57. The van der Waals surface area contributed by atoms with Gasteiger partial charge in [0.2, 0.25) is 0 Å². The van der Waals surface area contributed by atoms with Gasteiger partial charge in [0.05, 0.1) is 0 Å². The van der Waals surface area contributed by atoms with Gasteiger partial charge in [0.15, 0.2) is 0 Å². The molecule has 0 aromatic heterocycles. The van der Waals surface area contributed by atoms with Gasteiger partial charge in [0.25, 0.3) is 0 Å². The van der Waals surface area contributed by atoms with E-state index in [2.05, 4.69) is 26.2 Å². The van der Waals surface area contributed by atoms with E-state index < -0.39 is 0 Å². The highest BCUT2D eigenvalue weighted by molar-refractivity contribution is 5.17. The van der Waals surface area contributed by atoms with Gasteiger partial charge in [-0.3, -0.25) is 0 Å². The second-order valence-electron chi connectivity index (χ2n) is 2.53. The second-order valence-corrected chi connectivity index (χ2v) is 2.53. The first-order valence-electron chi connectivity index (χ1n) is 3.93. The minimum absolute atomic E-state index is 0.457. The first-order valence-corrected chi connectivity index (χ1v) is 3.93. The van der Waals surface area contributed by atoms with Crippen LogP contribution in [0, 0.1) is 5.92 Å². The molecule has 0 aromatic carbocycles. The maximum absolute atomic E-state index is 5.36. The van der Waals surface area contributed by atoms with Crippen molar-refractivity contribution in [2.45, 2.75) is 13.3 Å². The Bertz CT molecular complexity index is 156. The van der Waals surface area contributed by atoms with Crippen LogP contribution in [0.1, 0.15) is 13.3 Å². The van der Waals surface area contributed by atoms with Crippen molar-refractivity contribution in [2.75, 3.05) is 6.54 Å². The van der Waals surface area contributed by atoms with Crippen LogP contribution in [0.3, 0.4) is 0 Å². The molecule has 0 aliphatic rings. The number of hydrogen-bond donors (Lipinski definition) is 1. The Labute approximate surface area is 69.3 Å². The van der Waals surface area contributed by atoms with E-state index in [-0.39, 0.29) is 0 Å². The molecule has 11 heavy (non-hydrogen) atoms. The molecule has 0 rings (SSSR count). The van der Waals surface area contributed by atoms with Crippen LogP contribution >= 0.6 is 0 Å². The van der Waals surface area contributed by atoms with Gasteiger partial charge in [-0.1, -0.05) is 31.7 Å². The summed E-state index contributed by atoms with van der Waals surface area (Å²) in [5.41, 5.74) is 6.33. The molecule has 0 radical (unpaired) electrons. The lowest BCUT2D eigenvalue weighted by Crippen LogP contribution is -1.99. The van der Waals surface area contributed by atoms with E-state index in [4.69, 9.17) is 5.73 Å². The van der Waals surface area contributed by atoms with Crippen molar-refractivity contribution in [1.82, 2.24) is 0 Å². The normalized spacial score (nSPS) is 13.3. The van der Waals surface area contributed by atoms with Crippen molar-refractivity contribution in [1.29, 1.82) is 0 Å². The van der Waals surface area contributed by atoms with E-state index in [0.29, 0.717) is 12.5 Å². The largest absolute Gasteiger partial charge is 0.327 e. The summed E-state index contributed by atoms with van der Waals surface area (Å²) in [7, 11) is 0. The van der Waals surface area contributed by atoms with Crippen molar-refractivity contribution in [2.24, 2.45) is 11.7 Å². The molecule has 0 spiro atoms. The monoisotopic (exact) mass is 151 g/mol. The van der Waals surface area contributed by atoms with Crippen LogP contribution in [0.4, 0.5) is 0 Å². The van der Waals surface area contributed by atoms with E-state index in [1.807, 2.05) is 12.2 Å². The van der Waals surface area contributed by atoms with Crippen molar-refractivity contribution in [3.05, 3.63) is 37.0 Å². The highest BCUT2D eigenvalue weighted by atomic mass is 14.5. The average molecular weight is 151 g/mol. The summed E-state index contributed by atoms with van der Waals surface area (Å²) in [6, 6.07) is 0. The molecule has 2 N–H and O–H groups in total. The Morgan fingerprint density at radius 1 is 1.64 bits per heavy atom. The summed E-state index contributed by atoms with van der Waals surface area (Å²) in [6.07, 6.45) is 7.07. The highest BCUT2D eigenvalue weighted by Crippen LogP contribution is 2.06. The summed E-state index contributed by atoms with van der Waals surface area (Å²) in [6.45, 7) is 10.1. The maximum Gasteiger partial charge on any atom is 0.0172 e. The molecule has 0 bridgehead atoms. The molecule has 0 saturated carbocycles. The van der Waals surface area contributed by atoms with Crippen LogP contribution in [-0.2, 0) is 0 Å². The quantitative estimate of drug-likeness (QED) is 0.473. The van der Waals surface area contributed by atoms with Crippen molar-refractivity contribution >= 4 is 0 Å². The van der Waals surface area contributed by atoms with E-state index in [1.54, 1.807) is 0 Å². The molecule has 0 heterocycles. The van der Waals surface area contributed by atoms with Crippen molar-refractivity contribution in [3.8, 4) is 0 Å². The SMILES string of the molecule is C=CC(/C=C\C(=C)CN)CC. The molecule has 0 saturated heterocycles. The Balaban J connectivity index is 3.88. The predicted octanol–water partition coefficient (Wildman–Crippen LogP) is 2.27. The standard InChI is InChI=1S/C10H17N/c1-4-10(5-2)7-6-9(3)8-11/h4,6-7,10H,1,3,5,8,11H2,2H3/b7-6-. The molecule has 1 unspecified atom stereocenters. The lowest BCUT2D eigenvalue weighted by atomic mass is 10.1. The Hall–Kier alpha value is -0.820. The fraction of sp³-hybridized carbons (Fsp3) is 0.400. The Morgan fingerprint density at radius 2 is 2.27 bits per heavy atom. The molecule has 1 heteroatoms. The van der Waals surface area contributed by atoms with Crippen molar-refractivity contribution < 1.29 is 0 Å². The van der Waals surface area contributed by atoms with Gasteiger partial charge >= 0.3 is 0 Å². The average Bonchev–Trinajstić information content (AvgIpc) is 2.06. The molecule has 0 aromatic rings. The highest BCUT2D eigenvalue weighted by Gasteiger charge is 1.92. The van der Waals surface area contributed by atoms with Gasteiger partial charge < -0.3 is 5.73 Å². The van der Waals surface area contributed by atoms with Crippen LogP contribution in [0.15, 0.2) is 37.0 Å². The maximum atomic E-state index is 5.36. The Morgan fingerprint density at radius 3 is 2.64 bits per heavy atom. The second kappa shape index (κ2) is 5.93. The smallest absolute Gasteiger partial charge is 0.0172 e. The summed E-state index contributed by atoms with van der Waals surface area (Å²) < 4.78 is 0. The van der Waals surface area contributed by atoms with Gasteiger partial charge in [-0.15, -0.1) is 6.58 Å². The van der Waals surface area contributed by atoms with Gasteiger partial charge in [-0.25, -0.2) is 0 Å². The molecule has 0 amide bonds. The lowest BCUT2D eigenvalue weighted by Gasteiger charge is -2.01. The summed E-state index contributed by atoms with van der Waals surface area (Å²) in [5.74, 6) is 0.457. The molecular weight excluding hydrogens is 134 g/mol. The van der Waals surface area contributed by atoms with Gasteiger partial charge in [-0.05, 0) is 17.9 Å². The predicted molar refractivity (Wildman–Crippen MR) is 51.3 cm³/mol. The zero-order chi connectivity index (χ0) is 8.69. The topological polar surface area (TPSA) is 26.0 Å². The van der Waals surface area contributed by atoms with Crippen LogP contribution in [-0.4, -0.2) is 6.54 Å². The molecule has 62 valence electrons. The molecule has 1 atom stereocenters. The van der Waals surface area contributed by atoms with Crippen LogP contribution in [0.25, 0.3) is 0 Å². The summed E-state index contributed by atoms with van der Waals surface area (Å²) in [4.78, 5) is 0. The van der Waals surface area contributed by atoms with E-state index in [1.165, 1.54) is 0 Å². The number of hydrogen-bond acceptors (Lipinski definition) is 1. The third-order valence-electron chi connectivity index (χ3n) is 1.62. The van der Waals surface area contributed by atoms with Crippen molar-refractivity contribution in [3.63, 3.8) is 0 Å². The fourth-order valence-electron chi connectivity index (χ4n) is 0.709. The zero-order valence-electron chi connectivity index (χ0n) is 7.22. The summed E-state index contributed by atoms with van der Waals surface area (Å²) >= 11 is 0. The number of nitrogens with two attached hydrogens (primary N) is 1. The number of rotatable bonds is 5. The van der Waals surface area contributed by atoms with Gasteiger partial charge in [-0.2, -0.15) is 0 Å². The summed E-state index contributed by atoms with van der Waals surface area (Å²) in [5, 5.41) is 0. The molecule has 0 aliphatic heterocycles. The molecule has 0 aliphatic carbocycles. The minimum atomic E-state index is 0.457. The number of allylic oxidation sites excluding steroid dienone is 2. The first kappa shape index (κ1) is 10.2. The Kier molecular flexibility index (Phi) is 5.49. The lowest BCUT2D eigenvalue weighted by molar-refractivity contribution is 0.775. The van der Waals surface area contributed by atoms with E-state index in [0.717, 1.165) is 12.0 Å². The minimum Gasteiger partial charge on any atom is -0.327 e. The third-order valence-corrected chi connectivity index (χ3v) is 1.62. The van der Waals surface area contributed by atoms with Crippen LogP contribution in [0.2, 0.25) is 0 Å². The molecular formula is C10H17N. The fourth-order valence-corrected chi connectivity index (χ4v) is 0.709. The molecule has 1 nitrogen and oxygen atoms in total. The zero-order valence-corrected chi connectivity index (χ0v) is 7.22. The van der Waals surface area contributed by atoms with E-state index in [9.17, 15) is 0 Å². The molecule has 0 fully saturated rings. The van der Waals surface area contributed by atoms with Crippen LogP contribution in [0.5, 0.6) is 0 Å². The van der Waals surface area contributed by atoms with E-state index >= 15 is 0 Å². The van der Waals surface area contributed by atoms with Gasteiger partial charge in [0, 0.05) is 6.54 Å². The van der Waals surface area contributed by atoms with Gasteiger partial charge in [0.1, 0.15) is 0 Å². The van der Waals surface area contributed by atoms with Crippen LogP contribution < -0.4 is 5.73 Å².